The Balaban J connectivity index is 1.80. The van der Waals surface area contributed by atoms with Gasteiger partial charge in [-0.2, -0.15) is 0 Å². The fraction of sp³-hybridized carbons (Fsp3) is 0.545. The van der Waals surface area contributed by atoms with Crippen LogP contribution in [-0.4, -0.2) is 23.3 Å². The molecule has 1 fully saturated rings. The molecular formula is C11H13N3O2S. The van der Waals surface area contributed by atoms with Crippen molar-refractivity contribution >= 4 is 28.3 Å². The summed E-state index contributed by atoms with van der Waals surface area (Å²) in [7, 11) is 0. The molecule has 0 bridgehead atoms. The van der Waals surface area contributed by atoms with E-state index in [9.17, 15) is 9.59 Å². The second-order valence-corrected chi connectivity index (χ2v) is 5.42. The fourth-order valence-corrected chi connectivity index (χ4v) is 2.77. The van der Waals surface area contributed by atoms with Gasteiger partial charge in [0.25, 0.3) is 5.91 Å². The molecule has 0 spiro atoms. The Bertz CT molecular complexity index is 479. The van der Waals surface area contributed by atoms with Crippen LogP contribution >= 0.6 is 11.3 Å². The summed E-state index contributed by atoms with van der Waals surface area (Å²) in [5, 5.41) is 6.17. The number of amides is 2. The summed E-state index contributed by atoms with van der Waals surface area (Å²) in [5.74, 6) is 0.128. The van der Waals surface area contributed by atoms with Gasteiger partial charge in [-0.1, -0.05) is 11.3 Å². The highest BCUT2D eigenvalue weighted by atomic mass is 32.1. The summed E-state index contributed by atoms with van der Waals surface area (Å²) in [5.41, 5.74) is 0.816. The molecule has 2 amide bonds. The molecule has 0 unspecified atom stereocenters. The van der Waals surface area contributed by atoms with E-state index in [0.29, 0.717) is 16.6 Å². The molecule has 90 valence electrons. The highest BCUT2D eigenvalue weighted by Crippen LogP contribution is 2.32. The van der Waals surface area contributed by atoms with Crippen LogP contribution < -0.4 is 10.6 Å². The summed E-state index contributed by atoms with van der Waals surface area (Å²) in [4.78, 5) is 28.3. The maximum absolute atomic E-state index is 11.7. The van der Waals surface area contributed by atoms with Crippen LogP contribution in [0.5, 0.6) is 0 Å². The molecule has 2 heterocycles. The molecule has 2 N–H and O–H groups in total. The summed E-state index contributed by atoms with van der Waals surface area (Å²) >= 11 is 1.28. The molecule has 1 aromatic rings. The largest absolute Gasteiger partial charge is 0.351 e. The van der Waals surface area contributed by atoms with E-state index in [4.69, 9.17) is 0 Å². The van der Waals surface area contributed by atoms with Gasteiger partial charge in [-0.15, -0.1) is 0 Å². The number of hydrogen-bond donors (Lipinski definition) is 2. The first-order valence-corrected chi connectivity index (χ1v) is 6.64. The highest BCUT2D eigenvalue weighted by molar-refractivity contribution is 7.17. The average Bonchev–Trinajstić information content (AvgIpc) is 3.09. The average molecular weight is 251 g/mol. The molecule has 1 saturated carbocycles. The first-order valence-electron chi connectivity index (χ1n) is 5.83. The van der Waals surface area contributed by atoms with Gasteiger partial charge in [0.1, 0.15) is 4.88 Å². The van der Waals surface area contributed by atoms with Crippen molar-refractivity contribution in [3.8, 4) is 0 Å². The standard InChI is InChI=1S/C11H13N3O2S/c15-9(6-3-4-6)14-11-13-7-2-1-5-12-10(16)8(7)17-11/h6H,1-5H2,(H,12,16)(H,13,14,15). The third-order valence-corrected chi connectivity index (χ3v) is 3.97. The lowest BCUT2D eigenvalue weighted by Crippen LogP contribution is -2.21. The van der Waals surface area contributed by atoms with E-state index in [1.165, 1.54) is 11.3 Å². The number of carbonyl (C=O) groups is 2. The lowest BCUT2D eigenvalue weighted by atomic mass is 10.2. The summed E-state index contributed by atoms with van der Waals surface area (Å²) < 4.78 is 0. The molecule has 0 atom stereocenters. The molecular weight excluding hydrogens is 238 g/mol. The van der Waals surface area contributed by atoms with Gasteiger partial charge >= 0.3 is 0 Å². The van der Waals surface area contributed by atoms with Crippen molar-refractivity contribution in [3.63, 3.8) is 0 Å². The summed E-state index contributed by atoms with van der Waals surface area (Å²) in [6, 6.07) is 0. The molecule has 0 radical (unpaired) electrons. The van der Waals surface area contributed by atoms with E-state index < -0.39 is 0 Å². The molecule has 0 saturated heterocycles. The van der Waals surface area contributed by atoms with E-state index in [-0.39, 0.29) is 17.7 Å². The van der Waals surface area contributed by atoms with Crippen LogP contribution in [0.25, 0.3) is 0 Å². The molecule has 17 heavy (non-hydrogen) atoms. The maximum Gasteiger partial charge on any atom is 0.263 e. The van der Waals surface area contributed by atoms with E-state index in [1.807, 2.05) is 0 Å². The summed E-state index contributed by atoms with van der Waals surface area (Å²) in [6.45, 7) is 0.700. The normalized spacial score (nSPS) is 19.2. The summed E-state index contributed by atoms with van der Waals surface area (Å²) in [6.07, 6.45) is 3.64. The smallest absolute Gasteiger partial charge is 0.263 e. The number of hydrogen-bond acceptors (Lipinski definition) is 4. The number of nitrogens with zero attached hydrogens (tertiary/aromatic N) is 1. The van der Waals surface area contributed by atoms with E-state index in [1.54, 1.807) is 0 Å². The van der Waals surface area contributed by atoms with Crippen LogP contribution in [-0.2, 0) is 11.2 Å². The van der Waals surface area contributed by atoms with Crippen LogP contribution in [0.1, 0.15) is 34.6 Å². The van der Waals surface area contributed by atoms with Gasteiger partial charge in [0.15, 0.2) is 5.13 Å². The second kappa shape index (κ2) is 4.10. The quantitative estimate of drug-likeness (QED) is 0.828. The van der Waals surface area contributed by atoms with Crippen molar-refractivity contribution in [2.24, 2.45) is 5.92 Å². The first kappa shape index (κ1) is 10.7. The lowest BCUT2D eigenvalue weighted by Gasteiger charge is -1.99. The minimum atomic E-state index is -0.0677. The minimum Gasteiger partial charge on any atom is -0.351 e. The van der Waals surface area contributed by atoms with E-state index >= 15 is 0 Å². The zero-order valence-electron chi connectivity index (χ0n) is 9.28. The zero-order chi connectivity index (χ0) is 11.8. The van der Waals surface area contributed by atoms with Gasteiger partial charge in [-0.25, -0.2) is 4.98 Å². The number of nitrogens with one attached hydrogen (secondary N) is 2. The first-order chi connectivity index (χ1) is 8.24. The van der Waals surface area contributed by atoms with Crippen LogP contribution in [0.3, 0.4) is 0 Å². The number of thiazole rings is 1. The maximum atomic E-state index is 11.7. The monoisotopic (exact) mass is 251 g/mol. The third-order valence-electron chi connectivity index (χ3n) is 2.96. The van der Waals surface area contributed by atoms with Gasteiger partial charge in [-0.3, -0.25) is 9.59 Å². The minimum absolute atomic E-state index is 0.0364. The van der Waals surface area contributed by atoms with Gasteiger partial charge in [0, 0.05) is 12.5 Å². The molecule has 1 aliphatic heterocycles. The molecule has 2 aliphatic rings. The molecule has 3 rings (SSSR count). The van der Waals surface area contributed by atoms with Crippen molar-refractivity contribution in [3.05, 3.63) is 10.6 Å². The predicted octanol–water partition coefficient (Wildman–Crippen LogP) is 1.17. The Kier molecular flexibility index (Phi) is 2.58. The number of fused-ring (bicyclic) bond motifs is 1. The number of anilines is 1. The van der Waals surface area contributed by atoms with Crippen molar-refractivity contribution in [2.45, 2.75) is 25.7 Å². The van der Waals surface area contributed by atoms with Crippen LogP contribution in [0.15, 0.2) is 0 Å². The van der Waals surface area contributed by atoms with Crippen LogP contribution in [0, 0.1) is 5.92 Å². The number of rotatable bonds is 2. The Morgan fingerprint density at radius 1 is 1.47 bits per heavy atom. The van der Waals surface area contributed by atoms with Gasteiger partial charge in [-0.05, 0) is 25.7 Å². The highest BCUT2D eigenvalue weighted by Gasteiger charge is 2.30. The van der Waals surface area contributed by atoms with Crippen molar-refractivity contribution < 1.29 is 9.59 Å². The second-order valence-electron chi connectivity index (χ2n) is 4.42. The van der Waals surface area contributed by atoms with Crippen molar-refractivity contribution in [2.75, 3.05) is 11.9 Å². The number of aromatic nitrogens is 1. The van der Waals surface area contributed by atoms with Gasteiger partial charge in [0.05, 0.1) is 5.69 Å². The molecule has 0 aromatic carbocycles. The number of carbonyl (C=O) groups excluding carboxylic acids is 2. The van der Waals surface area contributed by atoms with E-state index in [2.05, 4.69) is 15.6 Å². The van der Waals surface area contributed by atoms with Crippen molar-refractivity contribution in [1.29, 1.82) is 0 Å². The molecule has 6 heteroatoms. The molecule has 5 nitrogen and oxygen atoms in total. The van der Waals surface area contributed by atoms with Gasteiger partial charge in [0.2, 0.25) is 5.91 Å². The SMILES string of the molecule is O=C1NCCCc2nc(NC(=O)C3CC3)sc21. The Morgan fingerprint density at radius 2 is 2.29 bits per heavy atom. The Hall–Kier alpha value is -1.43. The van der Waals surface area contributed by atoms with E-state index in [0.717, 1.165) is 31.4 Å². The van der Waals surface area contributed by atoms with Crippen LogP contribution in [0.2, 0.25) is 0 Å². The molecule has 1 aromatic heterocycles. The number of aryl methyl sites for hydroxylation is 1. The predicted molar refractivity (Wildman–Crippen MR) is 64.1 cm³/mol. The van der Waals surface area contributed by atoms with Crippen LogP contribution in [0.4, 0.5) is 5.13 Å². The van der Waals surface area contributed by atoms with Gasteiger partial charge < -0.3 is 10.6 Å². The topological polar surface area (TPSA) is 71.1 Å². The third kappa shape index (κ3) is 2.17. The Morgan fingerprint density at radius 3 is 3.06 bits per heavy atom. The molecule has 1 aliphatic carbocycles. The fourth-order valence-electron chi connectivity index (χ4n) is 1.84. The lowest BCUT2D eigenvalue weighted by molar-refractivity contribution is -0.117. The zero-order valence-corrected chi connectivity index (χ0v) is 10.1. The Labute approximate surface area is 103 Å². The van der Waals surface area contributed by atoms with Crippen molar-refractivity contribution in [1.82, 2.24) is 10.3 Å².